The summed E-state index contributed by atoms with van der Waals surface area (Å²) in [6.45, 7) is 2.03. The molecule has 0 saturated carbocycles. The minimum atomic E-state index is -1.01. The Morgan fingerprint density at radius 2 is 2.44 bits per heavy atom. The Hall–Kier alpha value is -0.990. The van der Waals surface area contributed by atoms with Crippen molar-refractivity contribution >= 4 is 6.09 Å². The van der Waals surface area contributed by atoms with E-state index in [0.29, 0.717) is 0 Å². The van der Waals surface area contributed by atoms with Crippen LogP contribution in [0.5, 0.6) is 0 Å². The Morgan fingerprint density at radius 1 is 1.78 bits per heavy atom. The molecule has 52 valence electrons. The number of hydrogen-bond donors (Lipinski definition) is 2. The Morgan fingerprint density at radius 3 is 2.89 bits per heavy atom. The first kappa shape index (κ1) is 8.01. The first-order chi connectivity index (χ1) is 4.27. The highest BCUT2D eigenvalue weighted by molar-refractivity contribution is 5.65. The lowest BCUT2D eigenvalue weighted by molar-refractivity contribution is 0.198. The van der Waals surface area contributed by atoms with Crippen molar-refractivity contribution in [3.63, 3.8) is 0 Å². The van der Waals surface area contributed by atoms with Gasteiger partial charge >= 0.3 is 6.09 Å². The van der Waals surface area contributed by atoms with Crippen molar-refractivity contribution in [1.82, 2.24) is 5.32 Å². The van der Waals surface area contributed by atoms with Crippen LogP contribution in [-0.2, 0) is 0 Å². The van der Waals surface area contributed by atoms with Crippen LogP contribution in [0.25, 0.3) is 0 Å². The molecule has 0 aliphatic carbocycles. The summed E-state index contributed by atoms with van der Waals surface area (Å²) in [7, 11) is 0. The first-order valence-corrected chi connectivity index (χ1v) is 2.92. The highest BCUT2D eigenvalue weighted by Gasteiger charge is 1.83. The molecule has 0 spiro atoms. The van der Waals surface area contributed by atoms with Gasteiger partial charge < -0.3 is 5.11 Å². The number of rotatable bonds is 3. The van der Waals surface area contributed by atoms with Crippen LogP contribution >= 0.6 is 0 Å². The zero-order valence-corrected chi connectivity index (χ0v) is 5.42. The van der Waals surface area contributed by atoms with Crippen LogP contribution in [0.1, 0.15) is 19.8 Å². The molecule has 0 fully saturated rings. The van der Waals surface area contributed by atoms with Gasteiger partial charge in [-0.3, -0.25) is 5.32 Å². The molecule has 0 aromatic carbocycles. The molecule has 0 rings (SSSR count). The third kappa shape index (κ3) is 7.01. The van der Waals surface area contributed by atoms with Gasteiger partial charge in [-0.05, 0) is 6.42 Å². The molecule has 2 N–H and O–H groups in total. The molecule has 0 aliphatic rings. The van der Waals surface area contributed by atoms with E-state index in [9.17, 15) is 4.79 Å². The largest absolute Gasteiger partial charge is 0.465 e. The van der Waals surface area contributed by atoms with Crippen molar-refractivity contribution in [2.45, 2.75) is 19.8 Å². The second-order valence-electron chi connectivity index (χ2n) is 1.64. The standard InChI is InChI=1S/C6H11NO2/c1-2-3-4-5-7-6(8)9/h4-5,7H,2-3H2,1H3,(H,8,9). The van der Waals surface area contributed by atoms with Crippen LogP contribution in [0.3, 0.4) is 0 Å². The molecule has 0 atom stereocenters. The minimum Gasteiger partial charge on any atom is -0.465 e. The van der Waals surface area contributed by atoms with E-state index in [0.717, 1.165) is 12.8 Å². The fraction of sp³-hybridized carbons (Fsp3) is 0.500. The van der Waals surface area contributed by atoms with Crippen molar-refractivity contribution in [1.29, 1.82) is 0 Å². The third-order valence-corrected chi connectivity index (χ3v) is 0.780. The molecule has 3 nitrogen and oxygen atoms in total. The summed E-state index contributed by atoms with van der Waals surface area (Å²) in [6.07, 6.45) is 4.17. The van der Waals surface area contributed by atoms with E-state index in [1.165, 1.54) is 6.20 Å². The van der Waals surface area contributed by atoms with Gasteiger partial charge in [0.2, 0.25) is 0 Å². The van der Waals surface area contributed by atoms with Crippen molar-refractivity contribution < 1.29 is 9.90 Å². The summed E-state index contributed by atoms with van der Waals surface area (Å²) in [4.78, 5) is 9.80. The molecule has 0 aromatic rings. The highest BCUT2D eigenvalue weighted by Crippen LogP contribution is 1.85. The van der Waals surface area contributed by atoms with Gasteiger partial charge in [-0.2, -0.15) is 0 Å². The Balaban J connectivity index is 3.14. The van der Waals surface area contributed by atoms with E-state index in [2.05, 4.69) is 5.32 Å². The monoisotopic (exact) mass is 129 g/mol. The van der Waals surface area contributed by atoms with E-state index >= 15 is 0 Å². The molecule has 0 aromatic heterocycles. The molecule has 1 amide bonds. The number of nitrogens with one attached hydrogen (secondary N) is 1. The SMILES string of the molecule is CCCC=CNC(=O)O. The summed E-state index contributed by atoms with van der Waals surface area (Å²) < 4.78 is 0. The second-order valence-corrected chi connectivity index (χ2v) is 1.64. The van der Waals surface area contributed by atoms with Gasteiger partial charge in [0.25, 0.3) is 0 Å². The van der Waals surface area contributed by atoms with Gasteiger partial charge in [-0.25, -0.2) is 4.79 Å². The summed E-state index contributed by atoms with van der Waals surface area (Å²) in [5.74, 6) is 0. The molecule has 0 saturated heterocycles. The second kappa shape index (κ2) is 5.15. The summed E-state index contributed by atoms with van der Waals surface area (Å²) in [5, 5.41) is 10.2. The smallest absolute Gasteiger partial charge is 0.408 e. The lowest BCUT2D eigenvalue weighted by Crippen LogP contribution is -2.12. The van der Waals surface area contributed by atoms with E-state index in [1.54, 1.807) is 6.08 Å². The molecule has 0 radical (unpaired) electrons. The summed E-state index contributed by atoms with van der Waals surface area (Å²) in [6, 6.07) is 0. The lowest BCUT2D eigenvalue weighted by atomic mass is 10.3. The molecule has 9 heavy (non-hydrogen) atoms. The zero-order chi connectivity index (χ0) is 7.11. The summed E-state index contributed by atoms with van der Waals surface area (Å²) in [5.41, 5.74) is 0. The Bertz CT molecular complexity index is 110. The number of hydrogen-bond acceptors (Lipinski definition) is 1. The molecular weight excluding hydrogens is 118 g/mol. The van der Waals surface area contributed by atoms with Crippen molar-refractivity contribution in [2.24, 2.45) is 0 Å². The number of amides is 1. The van der Waals surface area contributed by atoms with Gasteiger partial charge in [0, 0.05) is 6.20 Å². The number of unbranched alkanes of at least 4 members (excludes halogenated alkanes) is 1. The van der Waals surface area contributed by atoms with E-state index in [1.807, 2.05) is 6.92 Å². The van der Waals surface area contributed by atoms with Gasteiger partial charge in [0.15, 0.2) is 0 Å². The maximum atomic E-state index is 9.80. The molecule has 3 heteroatoms. The van der Waals surface area contributed by atoms with Crippen LogP contribution in [0, 0.1) is 0 Å². The Kier molecular flexibility index (Phi) is 4.59. The fourth-order valence-corrected chi connectivity index (χ4v) is 0.380. The number of carboxylic acid groups (broad SMARTS) is 1. The lowest BCUT2D eigenvalue weighted by Gasteiger charge is -1.87. The average molecular weight is 129 g/mol. The van der Waals surface area contributed by atoms with Crippen LogP contribution < -0.4 is 5.32 Å². The van der Waals surface area contributed by atoms with E-state index in [4.69, 9.17) is 5.11 Å². The summed E-state index contributed by atoms with van der Waals surface area (Å²) >= 11 is 0. The first-order valence-electron chi connectivity index (χ1n) is 2.92. The fourth-order valence-electron chi connectivity index (χ4n) is 0.380. The van der Waals surface area contributed by atoms with Gasteiger partial charge in [-0.1, -0.05) is 19.4 Å². The quantitative estimate of drug-likeness (QED) is 0.607. The van der Waals surface area contributed by atoms with Gasteiger partial charge in [0.05, 0.1) is 0 Å². The van der Waals surface area contributed by atoms with Gasteiger partial charge in [0.1, 0.15) is 0 Å². The number of carbonyl (C=O) groups is 1. The van der Waals surface area contributed by atoms with Crippen LogP contribution in [0.15, 0.2) is 12.3 Å². The van der Waals surface area contributed by atoms with Crippen molar-refractivity contribution in [3.05, 3.63) is 12.3 Å². The maximum absolute atomic E-state index is 9.80. The van der Waals surface area contributed by atoms with Crippen LogP contribution in [0.2, 0.25) is 0 Å². The molecule has 0 unspecified atom stereocenters. The highest BCUT2D eigenvalue weighted by atomic mass is 16.4. The normalized spacial score (nSPS) is 9.89. The average Bonchev–Trinajstić information content (AvgIpc) is 1.80. The van der Waals surface area contributed by atoms with Crippen LogP contribution in [-0.4, -0.2) is 11.2 Å². The predicted molar refractivity (Wildman–Crippen MR) is 35.2 cm³/mol. The van der Waals surface area contributed by atoms with Crippen molar-refractivity contribution in [2.75, 3.05) is 0 Å². The predicted octanol–water partition coefficient (Wildman–Crippen LogP) is 1.57. The maximum Gasteiger partial charge on any atom is 0.408 e. The van der Waals surface area contributed by atoms with Crippen LogP contribution in [0.4, 0.5) is 4.79 Å². The van der Waals surface area contributed by atoms with E-state index < -0.39 is 6.09 Å². The Labute approximate surface area is 54.4 Å². The third-order valence-electron chi connectivity index (χ3n) is 0.780. The van der Waals surface area contributed by atoms with Gasteiger partial charge in [-0.15, -0.1) is 0 Å². The molecule has 0 bridgehead atoms. The molecule has 0 heterocycles. The minimum absolute atomic E-state index is 0.917. The topological polar surface area (TPSA) is 49.3 Å². The molecule has 0 aliphatic heterocycles. The van der Waals surface area contributed by atoms with Crippen molar-refractivity contribution in [3.8, 4) is 0 Å². The number of allylic oxidation sites excluding steroid dienone is 1. The van der Waals surface area contributed by atoms with E-state index in [-0.39, 0.29) is 0 Å². The molecular formula is C6H11NO2. The zero-order valence-electron chi connectivity index (χ0n) is 5.42.